The zero-order valence-electron chi connectivity index (χ0n) is 15.8. The Kier molecular flexibility index (Phi) is 6.23. The molecule has 0 spiro atoms. The van der Waals surface area contributed by atoms with Crippen molar-refractivity contribution in [1.82, 2.24) is 9.62 Å². The van der Waals surface area contributed by atoms with Crippen LogP contribution in [0.4, 0.5) is 5.69 Å². The summed E-state index contributed by atoms with van der Waals surface area (Å²) < 4.78 is 27.1. The molecule has 1 amide bonds. The number of non-ortho nitro benzene ring substituents is 1. The third kappa shape index (κ3) is 5.24. The van der Waals surface area contributed by atoms with Gasteiger partial charge in [0.15, 0.2) is 0 Å². The number of carbonyl (C=O) groups is 1. The molecule has 9 nitrogen and oxygen atoms in total. The molecule has 3 N–H and O–H groups in total. The number of carbonyl (C=O) groups excluding carboxylic acids is 1. The van der Waals surface area contributed by atoms with E-state index in [9.17, 15) is 23.3 Å². The first-order chi connectivity index (χ1) is 12.4. The second-order valence-electron chi connectivity index (χ2n) is 7.59. The topological polar surface area (TPSA) is 136 Å². The highest BCUT2D eigenvalue weighted by atomic mass is 32.2. The fourth-order valence-electron chi connectivity index (χ4n) is 2.94. The minimum atomic E-state index is -3.86. The van der Waals surface area contributed by atoms with Crippen molar-refractivity contribution in [1.29, 1.82) is 0 Å². The van der Waals surface area contributed by atoms with Crippen molar-refractivity contribution >= 4 is 21.6 Å². The molecule has 0 bridgehead atoms. The second kappa shape index (κ2) is 7.91. The van der Waals surface area contributed by atoms with Crippen LogP contribution >= 0.6 is 0 Å². The number of amides is 1. The Morgan fingerprint density at radius 2 is 1.96 bits per heavy atom. The van der Waals surface area contributed by atoms with Gasteiger partial charge in [-0.05, 0) is 39.2 Å². The first kappa shape index (κ1) is 21.3. The van der Waals surface area contributed by atoms with Crippen LogP contribution in [0.25, 0.3) is 0 Å². The van der Waals surface area contributed by atoms with Gasteiger partial charge in [-0.15, -0.1) is 0 Å². The first-order valence-electron chi connectivity index (χ1n) is 8.73. The average molecular weight is 398 g/mol. The maximum Gasteiger partial charge on any atom is 0.270 e. The van der Waals surface area contributed by atoms with E-state index in [2.05, 4.69) is 5.32 Å². The molecule has 1 aromatic carbocycles. The Morgan fingerprint density at radius 3 is 2.48 bits per heavy atom. The van der Waals surface area contributed by atoms with Crippen LogP contribution in [0.2, 0.25) is 0 Å². The van der Waals surface area contributed by atoms with E-state index in [1.807, 2.05) is 13.8 Å². The van der Waals surface area contributed by atoms with Gasteiger partial charge in [0, 0.05) is 43.2 Å². The number of sulfonamides is 1. The lowest BCUT2D eigenvalue weighted by atomic mass is 9.96. The number of piperidine rings is 1. The number of nitro groups is 1. The van der Waals surface area contributed by atoms with Crippen LogP contribution in [0.1, 0.15) is 32.3 Å². The predicted octanol–water partition coefficient (Wildman–Crippen LogP) is 1.16. The molecule has 2 rings (SSSR count). The minimum absolute atomic E-state index is 0.0653. The van der Waals surface area contributed by atoms with E-state index in [0.717, 1.165) is 6.07 Å². The van der Waals surface area contributed by atoms with Gasteiger partial charge in [0.2, 0.25) is 15.9 Å². The molecule has 0 atom stereocenters. The number of nitrogens with zero attached hydrogens (tertiary/aromatic N) is 2. The van der Waals surface area contributed by atoms with Crippen molar-refractivity contribution in [3.8, 4) is 0 Å². The van der Waals surface area contributed by atoms with Crippen LogP contribution in [0, 0.1) is 23.0 Å². The molecular formula is C17H26N4O5S. The lowest BCUT2D eigenvalue weighted by Gasteiger charge is -2.31. The zero-order valence-corrected chi connectivity index (χ0v) is 16.6. The van der Waals surface area contributed by atoms with Crippen molar-refractivity contribution in [3.05, 3.63) is 33.9 Å². The van der Waals surface area contributed by atoms with Crippen LogP contribution in [-0.2, 0) is 14.8 Å². The first-order valence-corrected chi connectivity index (χ1v) is 10.2. The molecule has 1 heterocycles. The highest BCUT2D eigenvalue weighted by Gasteiger charge is 2.33. The summed E-state index contributed by atoms with van der Waals surface area (Å²) in [5.74, 6) is -0.401. The summed E-state index contributed by atoms with van der Waals surface area (Å²) in [5, 5.41) is 13.8. The molecule has 1 aromatic rings. The number of hydrogen-bond donors (Lipinski definition) is 2. The van der Waals surface area contributed by atoms with Crippen LogP contribution < -0.4 is 11.1 Å². The summed E-state index contributed by atoms with van der Waals surface area (Å²) in [7, 11) is -3.86. The van der Waals surface area contributed by atoms with Crippen LogP contribution in [0.3, 0.4) is 0 Å². The predicted molar refractivity (Wildman–Crippen MR) is 101 cm³/mol. The summed E-state index contributed by atoms with van der Waals surface area (Å²) in [6.07, 6.45) is 0.786. The quantitative estimate of drug-likeness (QED) is 0.545. The van der Waals surface area contributed by atoms with Gasteiger partial charge in [0.05, 0.1) is 9.82 Å². The van der Waals surface area contributed by atoms with Crippen molar-refractivity contribution < 1.29 is 18.1 Å². The van der Waals surface area contributed by atoms with Crippen molar-refractivity contribution in [2.24, 2.45) is 11.7 Å². The number of aryl methyl sites for hydroxylation is 1. The number of benzene rings is 1. The molecule has 0 aliphatic carbocycles. The van der Waals surface area contributed by atoms with E-state index >= 15 is 0 Å². The largest absolute Gasteiger partial charge is 0.354 e. The molecular weight excluding hydrogens is 372 g/mol. The van der Waals surface area contributed by atoms with Gasteiger partial charge in [-0.25, -0.2) is 8.42 Å². The fraction of sp³-hybridized carbons (Fsp3) is 0.588. The average Bonchev–Trinajstić information content (AvgIpc) is 2.59. The Bertz CT molecular complexity index is 824. The van der Waals surface area contributed by atoms with E-state index in [4.69, 9.17) is 5.73 Å². The van der Waals surface area contributed by atoms with Crippen molar-refractivity contribution in [2.45, 2.75) is 44.0 Å². The summed E-state index contributed by atoms with van der Waals surface area (Å²) in [6, 6.07) is 3.80. The van der Waals surface area contributed by atoms with Gasteiger partial charge in [-0.3, -0.25) is 14.9 Å². The molecule has 10 heteroatoms. The van der Waals surface area contributed by atoms with Gasteiger partial charge in [-0.2, -0.15) is 4.31 Å². The van der Waals surface area contributed by atoms with Gasteiger partial charge in [0.25, 0.3) is 5.69 Å². The lowest BCUT2D eigenvalue weighted by Crippen LogP contribution is -2.48. The molecule has 0 aromatic heterocycles. The lowest BCUT2D eigenvalue weighted by molar-refractivity contribution is -0.385. The Balaban J connectivity index is 2.08. The minimum Gasteiger partial charge on any atom is -0.354 e. The van der Waals surface area contributed by atoms with Gasteiger partial charge < -0.3 is 11.1 Å². The van der Waals surface area contributed by atoms with Crippen LogP contribution in [0.15, 0.2) is 23.1 Å². The molecule has 0 radical (unpaired) electrons. The standard InChI is InChI=1S/C17H26N4O5S/c1-12-4-5-14(21(23)24)10-15(12)27(25,26)20-8-6-13(7-9-20)16(22)19-11-17(2,3)18/h4-5,10,13H,6-9,11,18H2,1-3H3,(H,19,22). The summed E-state index contributed by atoms with van der Waals surface area (Å²) in [5.41, 5.74) is 5.52. The molecule has 1 aliphatic rings. The molecule has 1 fully saturated rings. The molecule has 27 heavy (non-hydrogen) atoms. The van der Waals surface area contributed by atoms with E-state index < -0.39 is 20.5 Å². The van der Waals surface area contributed by atoms with Gasteiger partial charge in [0.1, 0.15) is 0 Å². The fourth-order valence-corrected chi connectivity index (χ4v) is 4.65. The van der Waals surface area contributed by atoms with Crippen LogP contribution in [-0.4, -0.2) is 48.7 Å². The van der Waals surface area contributed by atoms with Crippen LogP contribution in [0.5, 0.6) is 0 Å². The second-order valence-corrected chi connectivity index (χ2v) is 9.50. The SMILES string of the molecule is Cc1ccc([N+](=O)[O-])cc1S(=O)(=O)N1CCC(C(=O)NCC(C)(C)N)CC1. The summed E-state index contributed by atoms with van der Waals surface area (Å²) >= 11 is 0. The van der Waals surface area contributed by atoms with E-state index in [1.165, 1.54) is 16.4 Å². The Morgan fingerprint density at radius 1 is 1.37 bits per heavy atom. The Labute approximate surface area is 159 Å². The normalized spacial score (nSPS) is 16.9. The maximum atomic E-state index is 12.9. The number of hydrogen-bond acceptors (Lipinski definition) is 6. The summed E-state index contributed by atoms with van der Waals surface area (Å²) in [6.45, 7) is 5.94. The monoisotopic (exact) mass is 398 g/mol. The third-order valence-electron chi connectivity index (χ3n) is 4.54. The smallest absolute Gasteiger partial charge is 0.270 e. The van der Waals surface area contributed by atoms with E-state index in [1.54, 1.807) is 6.92 Å². The number of nitrogens with one attached hydrogen (secondary N) is 1. The summed E-state index contributed by atoms with van der Waals surface area (Å²) in [4.78, 5) is 22.5. The number of rotatable bonds is 6. The number of nitrogens with two attached hydrogens (primary N) is 1. The molecule has 150 valence electrons. The van der Waals surface area contributed by atoms with Crippen molar-refractivity contribution in [2.75, 3.05) is 19.6 Å². The molecule has 0 saturated carbocycles. The highest BCUT2D eigenvalue weighted by Crippen LogP contribution is 2.28. The number of nitro benzene ring substituents is 1. The van der Waals surface area contributed by atoms with E-state index in [0.29, 0.717) is 24.9 Å². The molecule has 1 aliphatic heterocycles. The van der Waals surface area contributed by atoms with Gasteiger partial charge >= 0.3 is 0 Å². The van der Waals surface area contributed by atoms with Crippen molar-refractivity contribution in [3.63, 3.8) is 0 Å². The highest BCUT2D eigenvalue weighted by molar-refractivity contribution is 7.89. The van der Waals surface area contributed by atoms with Gasteiger partial charge in [-0.1, -0.05) is 6.07 Å². The molecule has 0 unspecified atom stereocenters. The zero-order chi connectivity index (χ0) is 20.4. The Hall–Kier alpha value is -2.04. The molecule has 1 saturated heterocycles. The maximum absolute atomic E-state index is 12.9. The van der Waals surface area contributed by atoms with E-state index in [-0.39, 0.29) is 35.5 Å². The third-order valence-corrected chi connectivity index (χ3v) is 6.58.